The fourth-order valence-corrected chi connectivity index (χ4v) is 4.33. The fourth-order valence-electron chi connectivity index (χ4n) is 2.15. The Balaban J connectivity index is 2.46. The third kappa shape index (κ3) is 5.11. The Kier molecular flexibility index (Phi) is 5.73. The average molecular weight is 424 g/mol. The van der Waals surface area contributed by atoms with Crippen LogP contribution in [0.3, 0.4) is 0 Å². The van der Waals surface area contributed by atoms with E-state index in [-0.39, 0.29) is 10.6 Å². The molecule has 0 saturated heterocycles. The number of hydrogen-bond donors (Lipinski definition) is 2. The molecule has 0 unspecified atom stereocenters. The van der Waals surface area contributed by atoms with Gasteiger partial charge in [0.15, 0.2) is 0 Å². The second kappa shape index (κ2) is 7.37. The van der Waals surface area contributed by atoms with E-state index in [1.165, 1.54) is 38.2 Å². The summed E-state index contributed by atoms with van der Waals surface area (Å²) in [5.41, 5.74) is 0.212. The number of benzene rings is 2. The van der Waals surface area contributed by atoms with E-state index >= 15 is 0 Å². The van der Waals surface area contributed by atoms with Crippen molar-refractivity contribution < 1.29 is 34.7 Å². The first-order valence-electron chi connectivity index (χ1n) is 7.27. The van der Waals surface area contributed by atoms with E-state index in [0.29, 0.717) is 5.56 Å². The van der Waals surface area contributed by atoms with Gasteiger partial charge in [0, 0.05) is 0 Å². The van der Waals surface area contributed by atoms with Crippen LogP contribution in [0.25, 0.3) is 0 Å². The van der Waals surface area contributed by atoms with Crippen LogP contribution in [0, 0.1) is 6.92 Å². The molecule has 0 spiro atoms. The summed E-state index contributed by atoms with van der Waals surface area (Å²) in [6.07, 6.45) is -5.08. The molecule has 0 aliphatic heterocycles. The second-order valence-corrected chi connectivity index (χ2v) is 8.79. The Morgan fingerprint density at radius 3 is 2.15 bits per heavy atom. The lowest BCUT2D eigenvalue weighted by Gasteiger charge is -2.15. The zero-order chi connectivity index (χ0) is 20.5. The van der Waals surface area contributed by atoms with Crippen LogP contribution in [0.4, 0.5) is 18.9 Å². The maximum Gasteiger partial charge on any atom is 0.573 e. The number of para-hydroxylation sites is 1. The van der Waals surface area contributed by atoms with Crippen LogP contribution in [-0.4, -0.2) is 30.2 Å². The lowest BCUT2D eigenvalue weighted by atomic mass is 10.2. The number of ether oxygens (including phenoxy) is 1. The van der Waals surface area contributed by atoms with Gasteiger partial charge in [-0.3, -0.25) is 4.72 Å². The summed E-state index contributed by atoms with van der Waals surface area (Å²) in [5, 5.41) is 0. The second-order valence-electron chi connectivity index (χ2n) is 5.29. The molecule has 2 aromatic rings. The molecule has 0 bridgehead atoms. The lowest BCUT2D eigenvalue weighted by Crippen LogP contribution is -2.21. The Hall–Kier alpha value is -2.31. The third-order valence-corrected chi connectivity index (χ3v) is 6.34. The zero-order valence-electron chi connectivity index (χ0n) is 14.0. The first-order valence-corrected chi connectivity index (χ1v) is 10.2. The van der Waals surface area contributed by atoms with Gasteiger partial charge in [-0.1, -0.05) is 18.2 Å². The van der Waals surface area contributed by atoms with Gasteiger partial charge >= 0.3 is 6.36 Å². The lowest BCUT2D eigenvalue weighted by molar-refractivity contribution is -0.275. The highest BCUT2D eigenvalue weighted by atomic mass is 32.2. The van der Waals surface area contributed by atoms with E-state index in [9.17, 15) is 30.0 Å². The highest BCUT2D eigenvalue weighted by Crippen LogP contribution is 2.31. The van der Waals surface area contributed by atoms with Gasteiger partial charge in [-0.2, -0.15) is 0 Å². The van der Waals surface area contributed by atoms with Crippen molar-refractivity contribution in [1.82, 2.24) is 4.72 Å². The molecule has 0 aromatic heterocycles. The molecule has 7 nitrogen and oxygen atoms in total. The molecular formula is C15H15F3N2O5S2. The molecule has 2 rings (SSSR count). The normalized spacial score (nSPS) is 12.6. The number of halogens is 3. The number of hydrogen-bond acceptors (Lipinski definition) is 5. The number of sulfonamides is 2. The van der Waals surface area contributed by atoms with Crippen molar-refractivity contribution >= 4 is 25.7 Å². The van der Waals surface area contributed by atoms with E-state index in [4.69, 9.17) is 0 Å². The first-order chi connectivity index (χ1) is 12.4. The predicted octanol–water partition coefficient (Wildman–Crippen LogP) is 2.60. The van der Waals surface area contributed by atoms with E-state index in [1.807, 2.05) is 0 Å². The largest absolute Gasteiger partial charge is 0.573 e. The molecule has 2 N–H and O–H groups in total. The van der Waals surface area contributed by atoms with Gasteiger partial charge < -0.3 is 4.74 Å². The van der Waals surface area contributed by atoms with Crippen LogP contribution < -0.4 is 14.2 Å². The molecule has 0 atom stereocenters. The molecule has 0 fully saturated rings. The maximum atomic E-state index is 12.5. The summed E-state index contributed by atoms with van der Waals surface area (Å²) in [5.74, 6) is -0.910. The molecule has 0 heterocycles. The number of aryl methyl sites for hydroxylation is 1. The highest BCUT2D eigenvalue weighted by Gasteiger charge is 2.34. The molecule has 0 aliphatic rings. The van der Waals surface area contributed by atoms with Crippen molar-refractivity contribution in [2.45, 2.75) is 23.1 Å². The Morgan fingerprint density at radius 1 is 0.926 bits per heavy atom. The summed E-state index contributed by atoms with van der Waals surface area (Å²) >= 11 is 0. The van der Waals surface area contributed by atoms with Gasteiger partial charge in [0.25, 0.3) is 10.0 Å². The monoisotopic (exact) mass is 424 g/mol. The van der Waals surface area contributed by atoms with E-state index in [0.717, 1.165) is 18.2 Å². The smallest absolute Gasteiger partial charge is 0.404 e. The molecule has 2 aromatic carbocycles. The summed E-state index contributed by atoms with van der Waals surface area (Å²) in [4.78, 5) is -0.925. The molecule has 0 saturated carbocycles. The van der Waals surface area contributed by atoms with Crippen LogP contribution >= 0.6 is 0 Å². The van der Waals surface area contributed by atoms with Crippen molar-refractivity contribution in [2.24, 2.45) is 0 Å². The van der Waals surface area contributed by atoms with Gasteiger partial charge in [-0.25, -0.2) is 21.6 Å². The topological polar surface area (TPSA) is 102 Å². The van der Waals surface area contributed by atoms with E-state index in [1.54, 1.807) is 0 Å². The Morgan fingerprint density at radius 2 is 1.56 bits per heavy atom. The number of nitrogens with one attached hydrogen (secondary N) is 2. The molecule has 148 valence electrons. The van der Waals surface area contributed by atoms with Crippen LogP contribution in [0.1, 0.15) is 5.56 Å². The highest BCUT2D eigenvalue weighted by molar-refractivity contribution is 7.92. The number of rotatable bonds is 6. The molecule has 12 heteroatoms. The molecule has 0 amide bonds. The maximum absolute atomic E-state index is 12.5. The van der Waals surface area contributed by atoms with Crippen LogP contribution in [0.15, 0.2) is 52.3 Å². The van der Waals surface area contributed by atoms with Crippen molar-refractivity contribution in [3.05, 3.63) is 48.0 Å². The van der Waals surface area contributed by atoms with Crippen molar-refractivity contribution in [3.8, 4) is 5.75 Å². The minimum atomic E-state index is -5.08. The first kappa shape index (κ1) is 21.0. The van der Waals surface area contributed by atoms with Gasteiger partial charge in [0.2, 0.25) is 10.0 Å². The molecule has 27 heavy (non-hydrogen) atoms. The van der Waals surface area contributed by atoms with Crippen molar-refractivity contribution in [3.63, 3.8) is 0 Å². The fraction of sp³-hybridized carbons (Fsp3) is 0.200. The SMILES string of the molecule is CNS(=O)(=O)c1cc(NS(=O)(=O)c2ccccc2OC(F)(F)F)ccc1C. The summed E-state index contributed by atoms with van der Waals surface area (Å²) in [6.45, 7) is 1.51. The van der Waals surface area contributed by atoms with Gasteiger partial charge in [-0.15, -0.1) is 13.2 Å². The molecule has 0 radical (unpaired) electrons. The molecular weight excluding hydrogens is 409 g/mol. The molecule has 0 aliphatic carbocycles. The van der Waals surface area contributed by atoms with E-state index in [2.05, 4.69) is 14.2 Å². The standard InChI is InChI=1S/C15H15F3N2O5S2/c1-10-7-8-11(9-14(10)26(21,22)19-2)20-27(23,24)13-6-4-3-5-12(13)25-15(16,17)18/h3-9,19-20H,1-2H3. The quantitative estimate of drug-likeness (QED) is 0.742. The van der Waals surface area contributed by atoms with Crippen molar-refractivity contribution in [1.29, 1.82) is 0 Å². The van der Waals surface area contributed by atoms with Gasteiger partial charge in [-0.05, 0) is 43.8 Å². The average Bonchev–Trinajstić information content (AvgIpc) is 2.55. The number of anilines is 1. The predicted molar refractivity (Wildman–Crippen MR) is 91.4 cm³/mol. The van der Waals surface area contributed by atoms with Gasteiger partial charge in [0.1, 0.15) is 10.6 Å². The van der Waals surface area contributed by atoms with Gasteiger partial charge in [0.05, 0.1) is 10.6 Å². The van der Waals surface area contributed by atoms with Crippen LogP contribution in [0.2, 0.25) is 0 Å². The van der Waals surface area contributed by atoms with Crippen LogP contribution in [-0.2, 0) is 20.0 Å². The Labute approximate surface area is 154 Å². The minimum Gasteiger partial charge on any atom is -0.404 e. The van der Waals surface area contributed by atoms with Crippen LogP contribution in [0.5, 0.6) is 5.75 Å². The summed E-state index contributed by atoms with van der Waals surface area (Å²) in [7, 11) is -7.16. The minimum absolute atomic E-state index is 0.142. The Bertz CT molecular complexity index is 1050. The van der Waals surface area contributed by atoms with Crippen molar-refractivity contribution in [2.75, 3.05) is 11.8 Å². The third-order valence-electron chi connectivity index (χ3n) is 3.36. The summed E-state index contributed by atoms with van der Waals surface area (Å²) in [6, 6.07) is 7.91. The number of alkyl halides is 3. The van der Waals surface area contributed by atoms with E-state index < -0.39 is 37.1 Å². The zero-order valence-corrected chi connectivity index (χ0v) is 15.7. The summed E-state index contributed by atoms with van der Waals surface area (Å²) < 4.78 is 94.4.